The number of nitrogens with zero attached hydrogens (tertiary/aromatic N) is 4. The lowest BCUT2D eigenvalue weighted by atomic mass is 10.1. The molecule has 3 rings (SSSR count). The van der Waals surface area contributed by atoms with Crippen molar-refractivity contribution in [1.82, 2.24) is 19.6 Å². The smallest absolute Gasteiger partial charge is 0.352 e. The third-order valence-electron chi connectivity index (χ3n) is 3.53. The Balaban J connectivity index is 1.97. The maximum absolute atomic E-state index is 11.2. The molecule has 0 saturated carbocycles. The van der Waals surface area contributed by atoms with E-state index in [2.05, 4.69) is 15.2 Å². The minimum atomic E-state index is -0.359. The molecule has 0 bridgehead atoms. The molecule has 7 nitrogen and oxygen atoms in total. The summed E-state index contributed by atoms with van der Waals surface area (Å²) in [4.78, 5) is 17.4. The van der Waals surface area contributed by atoms with Crippen molar-refractivity contribution in [3.05, 3.63) is 40.2 Å². The molecule has 0 unspecified atom stereocenters. The van der Waals surface area contributed by atoms with Gasteiger partial charge in [0.1, 0.15) is 0 Å². The first kappa shape index (κ1) is 12.1. The lowest BCUT2D eigenvalue weighted by Crippen LogP contribution is -2.55. The second kappa shape index (κ2) is 4.60. The lowest BCUT2D eigenvalue weighted by Gasteiger charge is -2.35. The second-order valence-electron chi connectivity index (χ2n) is 4.80. The van der Waals surface area contributed by atoms with Crippen LogP contribution in [0.2, 0.25) is 0 Å². The van der Waals surface area contributed by atoms with Crippen LogP contribution in [-0.4, -0.2) is 45.4 Å². The Hall–Kier alpha value is -1.99. The van der Waals surface area contributed by atoms with Crippen LogP contribution < -0.4 is 5.32 Å². The van der Waals surface area contributed by atoms with Crippen LogP contribution in [0.3, 0.4) is 0 Å². The van der Waals surface area contributed by atoms with Crippen molar-refractivity contribution < 1.29 is 4.92 Å². The summed E-state index contributed by atoms with van der Waals surface area (Å²) in [7, 11) is 1.97. The van der Waals surface area contributed by atoms with Crippen molar-refractivity contribution in [1.29, 1.82) is 0 Å². The first-order chi connectivity index (χ1) is 9.16. The summed E-state index contributed by atoms with van der Waals surface area (Å²) in [6.07, 6.45) is 1.68. The monoisotopic (exact) mass is 261 g/mol. The summed E-state index contributed by atoms with van der Waals surface area (Å²) in [6.45, 7) is 2.35. The number of nitrogens with one attached hydrogen (secondary N) is 1. The van der Waals surface area contributed by atoms with Crippen molar-refractivity contribution in [2.75, 3.05) is 20.1 Å². The van der Waals surface area contributed by atoms with E-state index in [9.17, 15) is 10.1 Å². The fourth-order valence-electron chi connectivity index (χ4n) is 2.28. The van der Waals surface area contributed by atoms with Gasteiger partial charge in [-0.25, -0.2) is 4.98 Å². The van der Waals surface area contributed by atoms with Gasteiger partial charge < -0.3 is 15.4 Å². The highest BCUT2D eigenvalue weighted by Crippen LogP contribution is 2.22. The van der Waals surface area contributed by atoms with Crippen molar-refractivity contribution in [2.24, 2.45) is 0 Å². The summed E-state index contributed by atoms with van der Waals surface area (Å²) in [5.74, 6) is 0.0646. The van der Waals surface area contributed by atoms with E-state index < -0.39 is 0 Å². The molecule has 0 radical (unpaired) electrons. The second-order valence-corrected chi connectivity index (χ2v) is 4.80. The van der Waals surface area contributed by atoms with E-state index in [0.29, 0.717) is 23.9 Å². The van der Waals surface area contributed by atoms with Gasteiger partial charge in [0, 0.05) is 31.7 Å². The van der Waals surface area contributed by atoms with Gasteiger partial charge >= 0.3 is 5.82 Å². The topological polar surface area (TPSA) is 75.7 Å². The van der Waals surface area contributed by atoms with Crippen LogP contribution in [0.1, 0.15) is 5.69 Å². The minimum absolute atomic E-state index is 0.0646. The normalized spacial score (nSPS) is 15.9. The molecule has 0 aromatic carbocycles. The van der Waals surface area contributed by atoms with Gasteiger partial charge in [0.05, 0.1) is 6.20 Å². The fourth-order valence-corrected chi connectivity index (χ4v) is 2.28. The summed E-state index contributed by atoms with van der Waals surface area (Å²) in [6, 6.07) is 5.81. The van der Waals surface area contributed by atoms with Gasteiger partial charge in [-0.15, -0.1) is 0 Å². The van der Waals surface area contributed by atoms with Crippen LogP contribution in [0.25, 0.3) is 5.65 Å². The van der Waals surface area contributed by atoms with Crippen molar-refractivity contribution in [3.63, 3.8) is 0 Å². The average Bonchev–Trinajstić information content (AvgIpc) is 2.63. The fraction of sp³-hybridized carbons (Fsp3) is 0.417. The number of fused-ring (bicyclic) bond motifs is 1. The first-order valence-electron chi connectivity index (χ1n) is 6.18. The van der Waals surface area contributed by atoms with Crippen LogP contribution >= 0.6 is 0 Å². The average molecular weight is 261 g/mol. The maximum atomic E-state index is 11.2. The lowest BCUT2D eigenvalue weighted by molar-refractivity contribution is -0.391. The van der Waals surface area contributed by atoms with E-state index in [1.165, 1.54) is 4.40 Å². The predicted octanol–water partition coefficient (Wildman–Crippen LogP) is 0.646. The number of pyridine rings is 1. The third-order valence-corrected chi connectivity index (χ3v) is 3.53. The van der Waals surface area contributed by atoms with E-state index in [0.717, 1.165) is 13.1 Å². The zero-order valence-corrected chi connectivity index (χ0v) is 10.6. The molecule has 19 heavy (non-hydrogen) atoms. The molecule has 3 heterocycles. The largest absolute Gasteiger partial charge is 0.358 e. The van der Waals surface area contributed by atoms with E-state index >= 15 is 0 Å². The summed E-state index contributed by atoms with van der Waals surface area (Å²) in [5, 5.41) is 14.4. The third kappa shape index (κ3) is 2.06. The zero-order chi connectivity index (χ0) is 13.4. The highest BCUT2D eigenvalue weighted by atomic mass is 16.6. The highest BCUT2D eigenvalue weighted by molar-refractivity contribution is 5.48. The van der Waals surface area contributed by atoms with E-state index in [1.54, 1.807) is 18.3 Å². The van der Waals surface area contributed by atoms with Crippen molar-refractivity contribution >= 4 is 11.5 Å². The van der Waals surface area contributed by atoms with E-state index in [4.69, 9.17) is 0 Å². The number of aromatic nitrogens is 2. The molecule has 1 N–H and O–H groups in total. The van der Waals surface area contributed by atoms with Crippen LogP contribution in [0, 0.1) is 10.1 Å². The van der Waals surface area contributed by atoms with Gasteiger partial charge in [-0.3, -0.25) is 4.90 Å². The Kier molecular flexibility index (Phi) is 2.92. The van der Waals surface area contributed by atoms with Gasteiger partial charge in [0.25, 0.3) is 0 Å². The molecular formula is C12H15N5O2. The number of imidazole rings is 1. The van der Waals surface area contributed by atoms with E-state index in [-0.39, 0.29) is 10.7 Å². The van der Waals surface area contributed by atoms with Crippen molar-refractivity contribution in [2.45, 2.75) is 12.6 Å². The molecule has 100 valence electrons. The Morgan fingerprint density at radius 2 is 2.37 bits per heavy atom. The number of rotatable bonds is 4. The van der Waals surface area contributed by atoms with Gasteiger partial charge in [-0.1, -0.05) is 6.07 Å². The molecule has 0 amide bonds. The Morgan fingerprint density at radius 1 is 1.58 bits per heavy atom. The summed E-state index contributed by atoms with van der Waals surface area (Å²) in [5.41, 5.74) is 1.13. The highest BCUT2D eigenvalue weighted by Gasteiger charge is 2.27. The molecular weight excluding hydrogens is 246 g/mol. The zero-order valence-electron chi connectivity index (χ0n) is 10.6. The minimum Gasteiger partial charge on any atom is -0.358 e. The molecule has 1 fully saturated rings. The van der Waals surface area contributed by atoms with Gasteiger partial charge in [0.15, 0.2) is 5.69 Å². The molecule has 2 aromatic rings. The van der Waals surface area contributed by atoms with Crippen LogP contribution in [-0.2, 0) is 6.54 Å². The van der Waals surface area contributed by atoms with Gasteiger partial charge in [0.2, 0.25) is 5.65 Å². The molecule has 1 aliphatic heterocycles. The first-order valence-corrected chi connectivity index (χ1v) is 6.18. The SMILES string of the molecule is CN(Cc1nc2ccccn2c1[N+](=O)[O-])C1CNC1. The number of hydrogen-bond donors (Lipinski definition) is 1. The summed E-state index contributed by atoms with van der Waals surface area (Å²) >= 11 is 0. The van der Waals surface area contributed by atoms with E-state index in [1.807, 2.05) is 13.1 Å². The van der Waals surface area contributed by atoms with Gasteiger partial charge in [-0.05, 0) is 18.0 Å². The van der Waals surface area contributed by atoms with Gasteiger partial charge in [-0.2, -0.15) is 4.40 Å². The quantitative estimate of drug-likeness (QED) is 0.646. The Bertz CT molecular complexity index is 620. The van der Waals surface area contributed by atoms with Crippen LogP contribution in [0.5, 0.6) is 0 Å². The van der Waals surface area contributed by atoms with Crippen LogP contribution in [0.4, 0.5) is 5.82 Å². The molecule has 0 atom stereocenters. The Labute approximate surface area is 110 Å². The molecule has 7 heteroatoms. The predicted molar refractivity (Wildman–Crippen MR) is 70.0 cm³/mol. The number of hydrogen-bond acceptors (Lipinski definition) is 5. The summed E-state index contributed by atoms with van der Waals surface area (Å²) < 4.78 is 1.53. The molecule has 1 saturated heterocycles. The molecule has 0 aliphatic carbocycles. The maximum Gasteiger partial charge on any atom is 0.352 e. The molecule has 2 aromatic heterocycles. The standard InChI is InChI=1S/C12H15N5O2/c1-15(9-6-13-7-9)8-10-12(17(18)19)16-5-3-2-4-11(16)14-10/h2-5,9,13H,6-8H2,1H3. The van der Waals surface area contributed by atoms with Crippen molar-refractivity contribution in [3.8, 4) is 0 Å². The van der Waals surface area contributed by atoms with Crippen LogP contribution in [0.15, 0.2) is 24.4 Å². The number of likely N-dealkylation sites (N-methyl/N-ethyl adjacent to an activating group) is 1. The molecule has 1 aliphatic rings. The number of nitro groups is 1. The Morgan fingerprint density at radius 3 is 3.00 bits per heavy atom. The molecule has 0 spiro atoms.